The molecule has 1 aromatic carbocycles. The van der Waals surface area contributed by atoms with Crippen LogP contribution in [-0.4, -0.2) is 75.2 Å². The van der Waals surface area contributed by atoms with Gasteiger partial charge in [0.25, 0.3) is 5.91 Å². The molecule has 2 aliphatic heterocycles. The highest BCUT2D eigenvalue weighted by Crippen LogP contribution is 2.35. The number of halogens is 4. The van der Waals surface area contributed by atoms with Gasteiger partial charge in [-0.3, -0.25) is 4.79 Å². The Bertz CT molecular complexity index is 1410. The molecule has 0 unspecified atom stereocenters. The van der Waals surface area contributed by atoms with Gasteiger partial charge < -0.3 is 25.0 Å². The molecule has 2 saturated heterocycles. The average Bonchev–Trinajstić information content (AvgIpc) is 3.52. The number of benzene rings is 1. The van der Waals surface area contributed by atoms with E-state index in [1.165, 1.54) is 12.4 Å². The maximum atomic E-state index is 14.4. The van der Waals surface area contributed by atoms with Crippen molar-refractivity contribution in [2.45, 2.75) is 69.5 Å². The number of nitrogens with zero attached hydrogens (tertiary/aromatic N) is 7. The molecule has 2 aromatic heterocycles. The second kappa shape index (κ2) is 12.0. The monoisotopic (exact) mass is 606 g/mol. The SMILES string of the molecule is CC(C)c1noc(N2CCC(N(C(=O)c3cnc(N4C[C@H](c5cc(F)c(F)cc5F)[C@@H](N)C4)nc3)C3CC3)CC2)n1.Cl. The number of piperidine rings is 1. The van der Waals surface area contributed by atoms with E-state index in [0.29, 0.717) is 49.1 Å². The van der Waals surface area contributed by atoms with Gasteiger partial charge in [-0.15, -0.1) is 12.4 Å². The molecule has 6 rings (SSSR count). The molecule has 0 bridgehead atoms. The van der Waals surface area contributed by atoms with E-state index in [0.717, 1.165) is 31.7 Å². The van der Waals surface area contributed by atoms with Crippen molar-refractivity contribution in [3.63, 3.8) is 0 Å². The number of carbonyl (C=O) groups is 1. The second-order valence-electron chi connectivity index (χ2n) is 11.5. The zero-order chi connectivity index (χ0) is 28.8. The smallest absolute Gasteiger partial charge is 0.324 e. The summed E-state index contributed by atoms with van der Waals surface area (Å²) in [4.78, 5) is 32.8. The molecule has 0 radical (unpaired) electrons. The standard InChI is InChI=1S/C28H33F3N8O2.ClH/c1-15(2)25-35-28(41-36-25)37-7-5-18(6-8-37)39(17-3-4-17)26(40)16-11-33-27(34-12-16)38-13-20(24(32)14-38)19-9-22(30)23(31)10-21(19)29;/h9-12,15,17-18,20,24H,3-8,13-14,32H2,1-2H3;1H/t20-,24+;/m1./s1. The van der Waals surface area contributed by atoms with Crippen LogP contribution in [0.2, 0.25) is 0 Å². The third-order valence-corrected chi connectivity index (χ3v) is 8.22. The topological polar surface area (TPSA) is 118 Å². The number of anilines is 2. The van der Waals surface area contributed by atoms with Gasteiger partial charge >= 0.3 is 6.01 Å². The summed E-state index contributed by atoms with van der Waals surface area (Å²) in [6.07, 6.45) is 6.54. The number of rotatable bonds is 7. The van der Waals surface area contributed by atoms with Crippen molar-refractivity contribution >= 4 is 30.3 Å². The molecule has 226 valence electrons. The third kappa shape index (κ3) is 5.89. The minimum absolute atomic E-state index is 0. The van der Waals surface area contributed by atoms with E-state index in [1.807, 2.05) is 18.7 Å². The lowest BCUT2D eigenvalue weighted by atomic mass is 9.94. The van der Waals surface area contributed by atoms with Crippen LogP contribution in [0.3, 0.4) is 0 Å². The van der Waals surface area contributed by atoms with Gasteiger partial charge in [-0.2, -0.15) is 4.98 Å². The Labute approximate surface area is 247 Å². The summed E-state index contributed by atoms with van der Waals surface area (Å²) < 4.78 is 47.1. The third-order valence-electron chi connectivity index (χ3n) is 8.22. The van der Waals surface area contributed by atoms with E-state index in [2.05, 4.69) is 25.0 Å². The van der Waals surface area contributed by atoms with Crippen LogP contribution < -0.4 is 15.5 Å². The van der Waals surface area contributed by atoms with Crippen LogP contribution in [0.4, 0.5) is 25.1 Å². The summed E-state index contributed by atoms with van der Waals surface area (Å²) in [5.74, 6) is -2.64. The van der Waals surface area contributed by atoms with Gasteiger partial charge in [-0.1, -0.05) is 19.0 Å². The van der Waals surface area contributed by atoms with Crippen LogP contribution in [0.1, 0.15) is 73.1 Å². The van der Waals surface area contributed by atoms with Crippen LogP contribution in [-0.2, 0) is 0 Å². The van der Waals surface area contributed by atoms with Gasteiger partial charge in [0.05, 0.1) is 5.56 Å². The van der Waals surface area contributed by atoms with E-state index in [-0.39, 0.29) is 48.4 Å². The average molecular weight is 607 g/mol. The first-order chi connectivity index (χ1) is 19.7. The molecule has 3 aliphatic rings. The fourth-order valence-corrected chi connectivity index (χ4v) is 5.79. The fourth-order valence-electron chi connectivity index (χ4n) is 5.79. The quantitative estimate of drug-likeness (QED) is 0.398. The lowest BCUT2D eigenvalue weighted by Gasteiger charge is -2.38. The van der Waals surface area contributed by atoms with E-state index < -0.39 is 29.4 Å². The van der Waals surface area contributed by atoms with Crippen molar-refractivity contribution in [2.24, 2.45) is 5.73 Å². The fraction of sp³-hybridized carbons (Fsp3) is 0.536. The van der Waals surface area contributed by atoms with E-state index >= 15 is 0 Å². The Morgan fingerprint density at radius 1 is 0.976 bits per heavy atom. The predicted octanol–water partition coefficient (Wildman–Crippen LogP) is 4.03. The zero-order valence-corrected chi connectivity index (χ0v) is 24.2. The van der Waals surface area contributed by atoms with Gasteiger partial charge in [0.15, 0.2) is 17.5 Å². The Morgan fingerprint density at radius 3 is 2.24 bits per heavy atom. The summed E-state index contributed by atoms with van der Waals surface area (Å²) >= 11 is 0. The van der Waals surface area contributed by atoms with Crippen LogP contribution in [0, 0.1) is 17.5 Å². The number of nitrogens with two attached hydrogens (primary N) is 1. The number of amides is 1. The van der Waals surface area contributed by atoms with Crippen LogP contribution in [0.25, 0.3) is 0 Å². The molecule has 2 N–H and O–H groups in total. The summed E-state index contributed by atoms with van der Waals surface area (Å²) in [6.45, 7) is 6.01. The Kier molecular flexibility index (Phi) is 8.61. The predicted molar refractivity (Wildman–Crippen MR) is 151 cm³/mol. The Hall–Kier alpha value is -3.45. The maximum absolute atomic E-state index is 14.4. The summed E-state index contributed by atoms with van der Waals surface area (Å²) in [7, 11) is 0. The van der Waals surface area contributed by atoms with Gasteiger partial charge in [0, 0.05) is 74.6 Å². The molecule has 3 aromatic rings. The molecular weight excluding hydrogens is 573 g/mol. The van der Waals surface area contributed by atoms with Crippen molar-refractivity contribution in [1.82, 2.24) is 25.0 Å². The molecule has 3 fully saturated rings. The first kappa shape index (κ1) is 30.0. The van der Waals surface area contributed by atoms with Gasteiger partial charge in [-0.25, -0.2) is 23.1 Å². The zero-order valence-electron chi connectivity index (χ0n) is 23.4. The molecule has 0 spiro atoms. The van der Waals surface area contributed by atoms with E-state index in [9.17, 15) is 18.0 Å². The second-order valence-corrected chi connectivity index (χ2v) is 11.5. The first-order valence-corrected chi connectivity index (χ1v) is 14.1. The van der Waals surface area contributed by atoms with E-state index in [4.69, 9.17) is 10.3 Å². The highest BCUT2D eigenvalue weighted by atomic mass is 35.5. The van der Waals surface area contributed by atoms with E-state index in [1.54, 1.807) is 4.90 Å². The molecule has 2 atom stereocenters. The minimum Gasteiger partial charge on any atom is -0.339 e. The number of carbonyl (C=O) groups excluding carboxylic acids is 1. The molecular formula is C28H34ClF3N8O2. The highest BCUT2D eigenvalue weighted by Gasteiger charge is 2.40. The lowest BCUT2D eigenvalue weighted by molar-refractivity contribution is 0.0628. The Balaban J connectivity index is 0.00000353. The van der Waals surface area contributed by atoms with Crippen molar-refractivity contribution in [3.8, 4) is 0 Å². The van der Waals surface area contributed by atoms with Crippen LogP contribution >= 0.6 is 12.4 Å². The largest absolute Gasteiger partial charge is 0.339 e. The normalized spacial score (nSPS) is 21.1. The lowest BCUT2D eigenvalue weighted by Crippen LogP contribution is -2.48. The number of hydrogen-bond acceptors (Lipinski definition) is 9. The molecule has 42 heavy (non-hydrogen) atoms. The molecule has 10 nitrogen and oxygen atoms in total. The molecule has 14 heteroatoms. The molecule has 4 heterocycles. The van der Waals surface area contributed by atoms with Gasteiger partial charge in [0.1, 0.15) is 5.82 Å². The number of aromatic nitrogens is 4. The molecule has 1 aliphatic carbocycles. The summed E-state index contributed by atoms with van der Waals surface area (Å²) in [6, 6.07) is 1.69. The summed E-state index contributed by atoms with van der Waals surface area (Å²) in [5.41, 5.74) is 6.66. The van der Waals surface area contributed by atoms with Crippen LogP contribution in [0.15, 0.2) is 29.0 Å². The summed E-state index contributed by atoms with van der Waals surface area (Å²) in [5, 5.41) is 4.06. The van der Waals surface area contributed by atoms with Crippen LogP contribution in [0.5, 0.6) is 0 Å². The number of hydrogen-bond donors (Lipinski definition) is 1. The Morgan fingerprint density at radius 2 is 1.62 bits per heavy atom. The maximum Gasteiger partial charge on any atom is 0.324 e. The minimum atomic E-state index is -1.24. The van der Waals surface area contributed by atoms with Crippen molar-refractivity contribution < 1.29 is 22.5 Å². The first-order valence-electron chi connectivity index (χ1n) is 14.1. The molecule has 1 amide bonds. The van der Waals surface area contributed by atoms with Crippen molar-refractivity contribution in [3.05, 3.63) is 58.9 Å². The van der Waals surface area contributed by atoms with Gasteiger partial charge in [-0.05, 0) is 37.3 Å². The van der Waals surface area contributed by atoms with Crippen molar-refractivity contribution in [2.75, 3.05) is 36.0 Å². The highest BCUT2D eigenvalue weighted by molar-refractivity contribution is 5.94. The van der Waals surface area contributed by atoms with Crippen molar-refractivity contribution in [1.29, 1.82) is 0 Å². The molecule has 1 saturated carbocycles. The van der Waals surface area contributed by atoms with Gasteiger partial charge in [0.2, 0.25) is 5.95 Å².